The lowest BCUT2D eigenvalue weighted by atomic mass is 10.1. The van der Waals surface area contributed by atoms with E-state index < -0.39 is 10.8 Å². The van der Waals surface area contributed by atoms with Gasteiger partial charge >= 0.3 is 0 Å². The van der Waals surface area contributed by atoms with Crippen molar-refractivity contribution in [1.29, 1.82) is 5.26 Å². The summed E-state index contributed by atoms with van der Waals surface area (Å²) in [6, 6.07) is 7.98. The number of nitrogens with one attached hydrogen (secondary N) is 1. The van der Waals surface area contributed by atoms with Crippen molar-refractivity contribution in [3.8, 4) is 6.07 Å². The zero-order valence-corrected chi connectivity index (χ0v) is 13.9. The molecule has 0 bridgehead atoms. The van der Waals surface area contributed by atoms with Gasteiger partial charge in [-0.2, -0.15) is 5.26 Å². The summed E-state index contributed by atoms with van der Waals surface area (Å²) in [5.41, 5.74) is 0.874. The number of benzene rings is 1. The monoisotopic (exact) mass is 358 g/mol. The van der Waals surface area contributed by atoms with Gasteiger partial charge in [-0.05, 0) is 23.6 Å². The molecule has 0 atom stereocenters. The van der Waals surface area contributed by atoms with E-state index in [1.54, 1.807) is 23.6 Å². The molecular weight excluding hydrogens is 344 g/mol. The lowest BCUT2D eigenvalue weighted by Gasteiger charge is -2.28. The Hall–Kier alpha value is -2.96. The van der Waals surface area contributed by atoms with Crippen LogP contribution < -0.4 is 10.2 Å². The highest BCUT2D eigenvalue weighted by Gasteiger charge is 2.23. The van der Waals surface area contributed by atoms with E-state index in [-0.39, 0.29) is 11.3 Å². The van der Waals surface area contributed by atoms with Gasteiger partial charge in [0.1, 0.15) is 16.8 Å². The molecule has 0 spiro atoms. The molecule has 0 aliphatic carbocycles. The lowest BCUT2D eigenvalue weighted by molar-refractivity contribution is -0.384. The molecule has 1 fully saturated rings. The first kappa shape index (κ1) is 16.9. The van der Waals surface area contributed by atoms with E-state index in [0.29, 0.717) is 42.6 Å². The Kier molecular flexibility index (Phi) is 4.92. The number of nitrogens with zero attached hydrogens (tertiary/aromatic N) is 3. The number of nitriles is 1. The van der Waals surface area contributed by atoms with E-state index in [4.69, 9.17) is 10.00 Å². The number of ether oxygens (including phenoxy) is 1. The topological polar surface area (TPSA) is 108 Å². The van der Waals surface area contributed by atoms with Crippen molar-refractivity contribution in [1.82, 2.24) is 0 Å². The number of hydrogen-bond donors (Lipinski definition) is 1. The van der Waals surface area contributed by atoms with E-state index in [1.165, 1.54) is 17.4 Å². The molecule has 128 valence electrons. The Balaban J connectivity index is 1.87. The minimum atomic E-state index is -0.493. The molecule has 3 rings (SSSR count). The zero-order chi connectivity index (χ0) is 17.8. The van der Waals surface area contributed by atoms with Crippen LogP contribution in [0.2, 0.25) is 0 Å². The number of rotatable bonds is 4. The van der Waals surface area contributed by atoms with Crippen LogP contribution >= 0.6 is 11.3 Å². The Morgan fingerprint density at radius 1 is 1.36 bits per heavy atom. The highest BCUT2D eigenvalue weighted by molar-refractivity contribution is 7.14. The largest absolute Gasteiger partial charge is 0.378 e. The highest BCUT2D eigenvalue weighted by atomic mass is 32.1. The van der Waals surface area contributed by atoms with Crippen LogP contribution in [-0.4, -0.2) is 37.1 Å². The molecule has 1 saturated heterocycles. The average Bonchev–Trinajstić information content (AvgIpc) is 3.09. The molecule has 1 aliphatic heterocycles. The van der Waals surface area contributed by atoms with Crippen LogP contribution in [0.25, 0.3) is 0 Å². The minimum absolute atomic E-state index is 0.124. The fourth-order valence-electron chi connectivity index (χ4n) is 2.55. The Morgan fingerprint density at radius 3 is 2.80 bits per heavy atom. The molecule has 1 amide bonds. The highest BCUT2D eigenvalue weighted by Crippen LogP contribution is 2.30. The summed E-state index contributed by atoms with van der Waals surface area (Å²) in [5, 5.41) is 25.2. The number of nitro benzene ring substituents is 1. The summed E-state index contributed by atoms with van der Waals surface area (Å²) in [6.45, 7) is 2.14. The van der Waals surface area contributed by atoms with Gasteiger partial charge in [0, 0.05) is 24.7 Å². The number of nitro groups is 1. The van der Waals surface area contributed by atoms with Crippen LogP contribution in [0.1, 0.15) is 15.9 Å². The van der Waals surface area contributed by atoms with E-state index in [9.17, 15) is 14.9 Å². The summed E-state index contributed by atoms with van der Waals surface area (Å²) in [7, 11) is 0. The van der Waals surface area contributed by atoms with Gasteiger partial charge in [0.15, 0.2) is 0 Å². The third-order valence-corrected chi connectivity index (χ3v) is 4.63. The fourth-order valence-corrected chi connectivity index (χ4v) is 3.28. The maximum absolute atomic E-state index is 12.4. The number of carbonyl (C=O) groups excluding carboxylic acids is 1. The zero-order valence-electron chi connectivity index (χ0n) is 13.1. The molecule has 1 aromatic carbocycles. The second-order valence-electron chi connectivity index (χ2n) is 5.29. The molecule has 1 aromatic heterocycles. The van der Waals surface area contributed by atoms with Crippen molar-refractivity contribution in [2.45, 2.75) is 0 Å². The number of hydrogen-bond acceptors (Lipinski definition) is 7. The smallest absolute Gasteiger partial charge is 0.293 e. The standard InChI is InChI=1S/C16H14N4O4S/c17-10-12-3-8-25-16(12)18-15(21)11-1-2-13(14(9-11)20(22)23)19-4-6-24-7-5-19/h1-3,8-9H,4-7H2,(H,18,21). The van der Waals surface area contributed by atoms with E-state index in [0.717, 1.165) is 0 Å². The van der Waals surface area contributed by atoms with Crippen LogP contribution in [0.15, 0.2) is 29.6 Å². The van der Waals surface area contributed by atoms with E-state index in [2.05, 4.69) is 5.32 Å². The third-order valence-electron chi connectivity index (χ3n) is 3.80. The summed E-state index contributed by atoms with van der Waals surface area (Å²) >= 11 is 1.22. The average molecular weight is 358 g/mol. The molecule has 2 heterocycles. The summed E-state index contributed by atoms with van der Waals surface area (Å²) in [6.07, 6.45) is 0. The molecular formula is C16H14N4O4S. The molecule has 1 aliphatic rings. The molecule has 0 unspecified atom stereocenters. The van der Waals surface area contributed by atoms with E-state index in [1.807, 2.05) is 11.0 Å². The second-order valence-corrected chi connectivity index (χ2v) is 6.21. The Morgan fingerprint density at radius 2 is 2.12 bits per heavy atom. The van der Waals surface area contributed by atoms with Crippen molar-refractivity contribution >= 4 is 33.6 Å². The van der Waals surface area contributed by atoms with Crippen molar-refractivity contribution in [2.75, 3.05) is 36.5 Å². The fraction of sp³-hybridized carbons (Fsp3) is 0.250. The molecule has 9 heteroatoms. The number of anilines is 2. The Bertz CT molecular complexity index is 852. The third kappa shape index (κ3) is 3.60. The van der Waals surface area contributed by atoms with Crippen LogP contribution in [0.3, 0.4) is 0 Å². The maximum atomic E-state index is 12.4. The first-order valence-electron chi connectivity index (χ1n) is 7.50. The minimum Gasteiger partial charge on any atom is -0.378 e. The van der Waals surface area contributed by atoms with Crippen LogP contribution in [0.5, 0.6) is 0 Å². The lowest BCUT2D eigenvalue weighted by Crippen LogP contribution is -2.36. The quantitative estimate of drug-likeness (QED) is 0.665. The summed E-state index contributed by atoms with van der Waals surface area (Å²) in [5.74, 6) is -0.490. The molecule has 8 nitrogen and oxygen atoms in total. The van der Waals surface area contributed by atoms with Crippen LogP contribution in [-0.2, 0) is 4.74 Å². The second kappa shape index (κ2) is 7.29. The van der Waals surface area contributed by atoms with Crippen LogP contribution in [0, 0.1) is 21.4 Å². The van der Waals surface area contributed by atoms with Crippen LogP contribution in [0.4, 0.5) is 16.4 Å². The van der Waals surface area contributed by atoms with Gasteiger partial charge in [-0.3, -0.25) is 14.9 Å². The van der Waals surface area contributed by atoms with Crippen molar-refractivity contribution in [3.63, 3.8) is 0 Å². The van der Waals surface area contributed by atoms with Gasteiger partial charge in [-0.25, -0.2) is 0 Å². The van der Waals surface area contributed by atoms with Gasteiger partial charge in [0.2, 0.25) is 0 Å². The predicted molar refractivity (Wildman–Crippen MR) is 93.1 cm³/mol. The van der Waals surface area contributed by atoms with Gasteiger partial charge < -0.3 is 15.0 Å². The molecule has 0 radical (unpaired) electrons. The first-order chi connectivity index (χ1) is 12.1. The van der Waals surface area contributed by atoms with Crippen molar-refractivity contribution in [2.24, 2.45) is 0 Å². The van der Waals surface area contributed by atoms with E-state index >= 15 is 0 Å². The van der Waals surface area contributed by atoms with Crippen molar-refractivity contribution < 1.29 is 14.5 Å². The molecule has 0 saturated carbocycles. The summed E-state index contributed by atoms with van der Waals surface area (Å²) < 4.78 is 5.26. The SMILES string of the molecule is N#Cc1ccsc1NC(=O)c1ccc(N2CCOCC2)c([N+](=O)[O-])c1. The number of thiophene rings is 1. The van der Waals surface area contributed by atoms with Gasteiger partial charge in [0.05, 0.1) is 23.7 Å². The van der Waals surface area contributed by atoms with Gasteiger partial charge in [0.25, 0.3) is 11.6 Å². The summed E-state index contributed by atoms with van der Waals surface area (Å²) in [4.78, 5) is 25.2. The maximum Gasteiger partial charge on any atom is 0.293 e. The number of amides is 1. The normalized spacial score (nSPS) is 14.0. The Labute approximate surface area is 147 Å². The van der Waals surface area contributed by atoms with Crippen molar-refractivity contribution in [3.05, 3.63) is 50.9 Å². The van der Waals surface area contributed by atoms with Gasteiger partial charge in [-0.1, -0.05) is 0 Å². The van der Waals surface area contributed by atoms with Gasteiger partial charge in [-0.15, -0.1) is 11.3 Å². The number of carbonyl (C=O) groups is 1. The molecule has 1 N–H and O–H groups in total. The predicted octanol–water partition coefficient (Wildman–Crippen LogP) is 2.62. The number of morpholine rings is 1. The molecule has 2 aromatic rings. The molecule has 25 heavy (non-hydrogen) atoms. The first-order valence-corrected chi connectivity index (χ1v) is 8.38.